The van der Waals surface area contributed by atoms with Crippen LogP contribution in [0.4, 0.5) is 5.69 Å². The minimum atomic E-state index is 0.233. The van der Waals surface area contributed by atoms with Crippen LogP contribution in [0.25, 0.3) is 0 Å². The number of halogens is 1. The zero-order valence-electron chi connectivity index (χ0n) is 7.70. The van der Waals surface area contributed by atoms with E-state index in [-0.39, 0.29) is 6.79 Å². The topological polar surface area (TPSA) is 47.9 Å². The number of nitrogens with zero attached hydrogens (tertiary/aromatic N) is 1. The number of nitroso groups, excluding NO2 is 1. The van der Waals surface area contributed by atoms with Crippen LogP contribution >= 0.6 is 15.9 Å². The quantitative estimate of drug-likeness (QED) is 0.464. The molecule has 0 bridgehead atoms. The number of methoxy groups -OCH3 is 1. The first-order chi connectivity index (χ1) is 6.76. The van der Waals surface area contributed by atoms with Gasteiger partial charge >= 0.3 is 0 Å². The predicted molar refractivity (Wildman–Crippen MR) is 56.3 cm³/mol. The minimum absolute atomic E-state index is 0.233. The van der Waals surface area contributed by atoms with Gasteiger partial charge in [-0.3, -0.25) is 0 Å². The second-order valence-corrected chi connectivity index (χ2v) is 3.58. The molecule has 5 heteroatoms. The minimum Gasteiger partial charge on any atom is -0.359 e. The van der Waals surface area contributed by atoms with E-state index in [2.05, 4.69) is 21.1 Å². The van der Waals surface area contributed by atoms with E-state index in [1.165, 1.54) is 0 Å². The first kappa shape index (κ1) is 11.3. The van der Waals surface area contributed by atoms with Crippen LogP contribution in [0.2, 0.25) is 0 Å². The Morgan fingerprint density at radius 3 is 2.86 bits per heavy atom. The molecule has 0 radical (unpaired) electrons. The van der Waals surface area contributed by atoms with Gasteiger partial charge in [0.1, 0.15) is 12.5 Å². The summed E-state index contributed by atoms with van der Waals surface area (Å²) in [4.78, 5) is 10.3. The Morgan fingerprint density at radius 1 is 1.43 bits per heavy atom. The van der Waals surface area contributed by atoms with E-state index in [1.807, 2.05) is 6.07 Å². The van der Waals surface area contributed by atoms with E-state index < -0.39 is 0 Å². The summed E-state index contributed by atoms with van der Waals surface area (Å²) >= 11 is 3.28. The molecule has 0 N–H and O–H groups in total. The van der Waals surface area contributed by atoms with Crippen LogP contribution < -0.4 is 0 Å². The molecule has 1 aromatic rings. The van der Waals surface area contributed by atoms with Gasteiger partial charge in [-0.25, -0.2) is 0 Å². The lowest BCUT2D eigenvalue weighted by Crippen LogP contribution is -1.96. The Bertz CT molecular complexity index is 317. The molecule has 1 rings (SSSR count). The second kappa shape index (κ2) is 5.85. The molecule has 0 amide bonds. The third kappa shape index (κ3) is 3.53. The third-order valence-electron chi connectivity index (χ3n) is 1.52. The van der Waals surface area contributed by atoms with Crippen LogP contribution in [0.1, 0.15) is 5.56 Å². The highest BCUT2D eigenvalue weighted by Crippen LogP contribution is 2.22. The Morgan fingerprint density at radius 2 is 2.21 bits per heavy atom. The van der Waals surface area contributed by atoms with Gasteiger partial charge in [-0.15, -0.1) is 4.91 Å². The number of hydrogen-bond donors (Lipinski definition) is 0. The van der Waals surface area contributed by atoms with Crippen molar-refractivity contribution in [2.75, 3.05) is 13.9 Å². The van der Waals surface area contributed by atoms with Crippen LogP contribution in [0.15, 0.2) is 27.8 Å². The summed E-state index contributed by atoms with van der Waals surface area (Å²) in [6, 6.07) is 5.19. The van der Waals surface area contributed by atoms with E-state index in [1.54, 1.807) is 19.2 Å². The number of ether oxygens (including phenoxy) is 2. The van der Waals surface area contributed by atoms with Crippen LogP contribution in [0, 0.1) is 4.91 Å². The Kier molecular flexibility index (Phi) is 4.72. The smallest absolute Gasteiger partial charge is 0.146 e. The van der Waals surface area contributed by atoms with Gasteiger partial charge in [0, 0.05) is 11.6 Å². The third-order valence-corrected chi connectivity index (χ3v) is 1.98. The summed E-state index contributed by atoms with van der Waals surface area (Å²) in [7, 11) is 1.55. The van der Waals surface area contributed by atoms with Crippen molar-refractivity contribution in [3.63, 3.8) is 0 Å². The second-order valence-electron chi connectivity index (χ2n) is 2.66. The SMILES string of the molecule is COCOCc1cc(Br)cc(N=O)c1. The molecule has 0 unspecified atom stereocenters. The molecule has 76 valence electrons. The van der Waals surface area contributed by atoms with Gasteiger partial charge in [0.25, 0.3) is 0 Å². The molecule has 0 saturated heterocycles. The Hall–Kier alpha value is -0.780. The van der Waals surface area contributed by atoms with Crippen molar-refractivity contribution in [1.82, 2.24) is 0 Å². The molecule has 0 aliphatic heterocycles. The molecule has 4 nitrogen and oxygen atoms in total. The van der Waals surface area contributed by atoms with Crippen LogP contribution in [-0.2, 0) is 16.1 Å². The van der Waals surface area contributed by atoms with Crippen molar-refractivity contribution in [3.05, 3.63) is 33.1 Å². The normalized spacial score (nSPS) is 10.1. The number of hydrogen-bond acceptors (Lipinski definition) is 4. The van der Waals surface area contributed by atoms with Gasteiger partial charge in [-0.05, 0) is 28.9 Å². The molecule has 0 aliphatic carbocycles. The van der Waals surface area contributed by atoms with Crippen molar-refractivity contribution in [3.8, 4) is 0 Å². The lowest BCUT2D eigenvalue weighted by molar-refractivity contribution is -0.0390. The van der Waals surface area contributed by atoms with Gasteiger partial charge in [0.05, 0.1) is 6.61 Å². The summed E-state index contributed by atoms with van der Waals surface area (Å²) in [6.07, 6.45) is 0. The Labute approximate surface area is 90.3 Å². The van der Waals surface area contributed by atoms with Gasteiger partial charge in [0.2, 0.25) is 0 Å². The summed E-state index contributed by atoms with van der Waals surface area (Å²) < 4.78 is 10.7. The van der Waals surface area contributed by atoms with E-state index in [0.717, 1.165) is 10.0 Å². The molecular formula is C9H10BrNO3. The van der Waals surface area contributed by atoms with Crippen molar-refractivity contribution >= 4 is 21.6 Å². The lowest BCUT2D eigenvalue weighted by Gasteiger charge is -2.03. The maximum Gasteiger partial charge on any atom is 0.146 e. The maximum atomic E-state index is 10.3. The molecule has 0 aliphatic rings. The fourth-order valence-corrected chi connectivity index (χ4v) is 1.54. The molecular weight excluding hydrogens is 250 g/mol. The summed E-state index contributed by atoms with van der Waals surface area (Å²) in [5, 5.41) is 2.85. The molecule has 0 heterocycles. The average Bonchev–Trinajstić information content (AvgIpc) is 2.17. The standard InChI is InChI=1S/C9H10BrNO3/c1-13-6-14-5-7-2-8(10)4-9(3-7)11-12/h2-4H,5-6H2,1H3. The lowest BCUT2D eigenvalue weighted by atomic mass is 10.2. The first-order valence-corrected chi connectivity index (χ1v) is 4.75. The summed E-state index contributed by atoms with van der Waals surface area (Å²) in [5.41, 5.74) is 1.27. The van der Waals surface area contributed by atoms with Gasteiger partial charge < -0.3 is 9.47 Å². The first-order valence-electron chi connectivity index (χ1n) is 3.96. The largest absolute Gasteiger partial charge is 0.359 e. The summed E-state index contributed by atoms with van der Waals surface area (Å²) in [6.45, 7) is 0.631. The number of benzene rings is 1. The zero-order valence-corrected chi connectivity index (χ0v) is 9.28. The predicted octanol–water partition coefficient (Wildman–Crippen LogP) is 2.97. The van der Waals surface area contributed by atoms with Crippen molar-refractivity contribution in [2.45, 2.75) is 6.61 Å². The van der Waals surface area contributed by atoms with Crippen LogP contribution in [0.3, 0.4) is 0 Å². The van der Waals surface area contributed by atoms with Gasteiger partial charge in [-0.1, -0.05) is 15.9 Å². The van der Waals surface area contributed by atoms with Crippen LogP contribution in [-0.4, -0.2) is 13.9 Å². The average molecular weight is 260 g/mol. The van der Waals surface area contributed by atoms with Crippen LogP contribution in [0.5, 0.6) is 0 Å². The molecule has 0 atom stereocenters. The molecule has 14 heavy (non-hydrogen) atoms. The van der Waals surface area contributed by atoms with Gasteiger partial charge in [0.15, 0.2) is 0 Å². The zero-order chi connectivity index (χ0) is 10.4. The molecule has 1 aromatic carbocycles. The van der Waals surface area contributed by atoms with Crippen molar-refractivity contribution < 1.29 is 9.47 Å². The fraction of sp³-hybridized carbons (Fsp3) is 0.333. The van der Waals surface area contributed by atoms with E-state index in [9.17, 15) is 4.91 Å². The van der Waals surface area contributed by atoms with E-state index in [0.29, 0.717) is 12.3 Å². The number of rotatable bonds is 5. The monoisotopic (exact) mass is 259 g/mol. The Balaban J connectivity index is 2.66. The summed E-state index contributed by atoms with van der Waals surface area (Å²) in [5.74, 6) is 0. The van der Waals surface area contributed by atoms with E-state index >= 15 is 0 Å². The highest BCUT2D eigenvalue weighted by molar-refractivity contribution is 9.10. The molecule has 0 saturated carbocycles. The molecule has 0 aromatic heterocycles. The van der Waals surface area contributed by atoms with Crippen molar-refractivity contribution in [2.24, 2.45) is 5.18 Å². The molecule has 0 fully saturated rings. The maximum absolute atomic E-state index is 10.3. The molecule has 0 spiro atoms. The fourth-order valence-electron chi connectivity index (χ4n) is 1.01. The highest BCUT2D eigenvalue weighted by Gasteiger charge is 1.99. The highest BCUT2D eigenvalue weighted by atomic mass is 79.9. The van der Waals surface area contributed by atoms with Crippen molar-refractivity contribution in [1.29, 1.82) is 0 Å². The van der Waals surface area contributed by atoms with Gasteiger partial charge in [-0.2, -0.15) is 0 Å². The van der Waals surface area contributed by atoms with E-state index in [4.69, 9.17) is 9.47 Å².